The van der Waals surface area contributed by atoms with Crippen LogP contribution in [0.25, 0.3) is 0 Å². The summed E-state index contributed by atoms with van der Waals surface area (Å²) in [6, 6.07) is 0. The van der Waals surface area contributed by atoms with Crippen molar-refractivity contribution in [2.75, 3.05) is 0 Å². The predicted molar refractivity (Wildman–Crippen MR) is 61.8 cm³/mol. The lowest BCUT2D eigenvalue weighted by Crippen LogP contribution is -2.50. The van der Waals surface area contributed by atoms with Crippen LogP contribution in [0.4, 0.5) is 0 Å². The van der Waals surface area contributed by atoms with E-state index < -0.39 is 0 Å². The second-order valence-electron chi connectivity index (χ2n) is 3.88. The van der Waals surface area contributed by atoms with E-state index in [1.54, 1.807) is 0 Å². The van der Waals surface area contributed by atoms with Gasteiger partial charge in [-0.05, 0) is 12.8 Å². The minimum atomic E-state index is 0.0593. The summed E-state index contributed by atoms with van der Waals surface area (Å²) in [5.74, 6) is 0. The van der Waals surface area contributed by atoms with Crippen LogP contribution >= 0.6 is 23.0 Å². The first-order valence-electron chi connectivity index (χ1n) is 5.21. The third-order valence-electron chi connectivity index (χ3n) is 2.71. The molecular weight excluding hydrogens is 279 g/mol. The first kappa shape index (κ1) is 11.7. The van der Waals surface area contributed by atoms with Gasteiger partial charge in [-0.1, -0.05) is 33.1 Å². The average molecular weight is 298 g/mol. The molecule has 0 aromatic rings. The zero-order valence-electron chi connectivity index (χ0n) is 8.51. The van der Waals surface area contributed by atoms with Crippen molar-refractivity contribution in [3.05, 3.63) is 0 Å². The lowest BCUT2D eigenvalue weighted by Gasteiger charge is -2.46. The molecular formula is C10H19IO2. The normalized spacial score (nSPS) is 33.0. The summed E-state index contributed by atoms with van der Waals surface area (Å²) in [5, 5.41) is 0. The predicted octanol–water partition coefficient (Wildman–Crippen LogP) is 3.83. The van der Waals surface area contributed by atoms with Crippen molar-refractivity contribution < 1.29 is 7.80 Å². The summed E-state index contributed by atoms with van der Waals surface area (Å²) < 4.78 is 10.9. The number of halogens is 1. The molecule has 2 atom stereocenters. The van der Waals surface area contributed by atoms with E-state index in [4.69, 9.17) is 7.80 Å². The van der Waals surface area contributed by atoms with Crippen LogP contribution in [0.5, 0.6) is 0 Å². The summed E-state index contributed by atoms with van der Waals surface area (Å²) in [4.78, 5) is 0. The standard InChI is InChI=1S/C10H19IO2/c1-3-5-7-10(6-4-2)8-9(12-10)13-11/h9H,3-8H2,1-2H3. The number of ether oxygens (including phenoxy) is 1. The Kier molecular flexibility index (Phi) is 4.97. The molecule has 78 valence electrons. The monoisotopic (exact) mass is 298 g/mol. The highest BCUT2D eigenvalue weighted by Gasteiger charge is 2.44. The number of hydrogen-bond donors (Lipinski definition) is 0. The van der Waals surface area contributed by atoms with Gasteiger partial charge in [-0.15, -0.1) is 0 Å². The molecule has 3 heteroatoms. The maximum absolute atomic E-state index is 5.79. The zero-order chi connectivity index (χ0) is 9.73. The van der Waals surface area contributed by atoms with E-state index in [1.165, 1.54) is 32.1 Å². The molecule has 1 aliphatic rings. The first-order chi connectivity index (χ1) is 6.26. The molecule has 0 saturated carbocycles. The van der Waals surface area contributed by atoms with E-state index in [9.17, 15) is 0 Å². The van der Waals surface area contributed by atoms with Crippen molar-refractivity contribution in [3.8, 4) is 0 Å². The lowest BCUT2D eigenvalue weighted by atomic mass is 9.84. The van der Waals surface area contributed by atoms with Crippen molar-refractivity contribution in [1.29, 1.82) is 0 Å². The fourth-order valence-electron chi connectivity index (χ4n) is 2.02. The Balaban J connectivity index is 2.30. The summed E-state index contributed by atoms with van der Waals surface area (Å²) in [5.41, 5.74) is 0.167. The molecule has 0 aromatic heterocycles. The summed E-state index contributed by atoms with van der Waals surface area (Å²) in [7, 11) is 0. The summed E-state index contributed by atoms with van der Waals surface area (Å²) in [6.07, 6.45) is 7.26. The molecule has 2 nitrogen and oxygen atoms in total. The molecule has 1 rings (SSSR count). The number of unbranched alkanes of at least 4 members (excludes halogenated alkanes) is 1. The van der Waals surface area contributed by atoms with E-state index >= 15 is 0 Å². The maximum atomic E-state index is 5.79. The van der Waals surface area contributed by atoms with Crippen LogP contribution in [-0.2, 0) is 7.80 Å². The second kappa shape index (κ2) is 5.51. The minimum absolute atomic E-state index is 0.0593. The Hall–Kier alpha value is 0.650. The lowest BCUT2D eigenvalue weighted by molar-refractivity contribution is -0.272. The van der Waals surface area contributed by atoms with E-state index in [-0.39, 0.29) is 11.9 Å². The fraction of sp³-hybridized carbons (Fsp3) is 1.00. The van der Waals surface area contributed by atoms with Crippen molar-refractivity contribution in [2.24, 2.45) is 0 Å². The topological polar surface area (TPSA) is 18.5 Å². The molecule has 0 spiro atoms. The molecule has 0 aromatic carbocycles. The number of hydrogen-bond acceptors (Lipinski definition) is 2. The molecule has 0 amide bonds. The molecule has 1 aliphatic heterocycles. The van der Waals surface area contributed by atoms with Gasteiger partial charge in [0.15, 0.2) is 6.29 Å². The van der Waals surface area contributed by atoms with Gasteiger partial charge in [0, 0.05) is 6.42 Å². The summed E-state index contributed by atoms with van der Waals surface area (Å²) in [6.45, 7) is 4.44. The van der Waals surface area contributed by atoms with Gasteiger partial charge in [0.2, 0.25) is 0 Å². The Morgan fingerprint density at radius 3 is 2.54 bits per heavy atom. The van der Waals surface area contributed by atoms with Crippen LogP contribution < -0.4 is 0 Å². The van der Waals surface area contributed by atoms with Crippen LogP contribution in [0.1, 0.15) is 52.4 Å². The van der Waals surface area contributed by atoms with Crippen LogP contribution in [0, 0.1) is 0 Å². The van der Waals surface area contributed by atoms with Crippen molar-refractivity contribution in [1.82, 2.24) is 0 Å². The van der Waals surface area contributed by atoms with E-state index in [2.05, 4.69) is 13.8 Å². The Labute approximate surface area is 95.1 Å². The molecule has 0 bridgehead atoms. The third kappa shape index (κ3) is 3.06. The van der Waals surface area contributed by atoms with Crippen LogP contribution in [0.3, 0.4) is 0 Å². The van der Waals surface area contributed by atoms with Crippen LogP contribution in [0.15, 0.2) is 0 Å². The van der Waals surface area contributed by atoms with Gasteiger partial charge in [0.1, 0.15) is 23.0 Å². The molecule has 1 heterocycles. The SMILES string of the molecule is CCCCC1(CCC)CC(OI)O1. The van der Waals surface area contributed by atoms with Crippen LogP contribution in [-0.4, -0.2) is 11.9 Å². The second-order valence-corrected chi connectivity index (χ2v) is 4.39. The molecule has 0 aliphatic carbocycles. The smallest absolute Gasteiger partial charge is 0.172 e. The minimum Gasteiger partial charge on any atom is -0.345 e. The first-order valence-corrected chi connectivity index (χ1v) is 6.09. The van der Waals surface area contributed by atoms with E-state index in [1.807, 2.05) is 23.0 Å². The van der Waals surface area contributed by atoms with Gasteiger partial charge in [-0.3, -0.25) is 3.07 Å². The van der Waals surface area contributed by atoms with E-state index in [0.29, 0.717) is 0 Å². The number of rotatable bonds is 6. The van der Waals surface area contributed by atoms with Crippen molar-refractivity contribution in [3.63, 3.8) is 0 Å². The largest absolute Gasteiger partial charge is 0.345 e. The molecule has 0 radical (unpaired) electrons. The van der Waals surface area contributed by atoms with E-state index in [0.717, 1.165) is 6.42 Å². The van der Waals surface area contributed by atoms with Gasteiger partial charge in [0.05, 0.1) is 5.60 Å². The van der Waals surface area contributed by atoms with Crippen molar-refractivity contribution in [2.45, 2.75) is 64.3 Å². The van der Waals surface area contributed by atoms with Gasteiger partial charge in [-0.25, -0.2) is 0 Å². The molecule has 2 unspecified atom stereocenters. The fourth-order valence-corrected chi connectivity index (χ4v) is 2.31. The Morgan fingerprint density at radius 1 is 1.38 bits per heavy atom. The highest BCUT2D eigenvalue weighted by molar-refractivity contribution is 14.1. The van der Waals surface area contributed by atoms with Crippen LogP contribution in [0.2, 0.25) is 0 Å². The molecule has 1 saturated heterocycles. The van der Waals surface area contributed by atoms with Gasteiger partial charge < -0.3 is 4.74 Å². The zero-order valence-corrected chi connectivity index (χ0v) is 10.7. The van der Waals surface area contributed by atoms with Gasteiger partial charge in [0.25, 0.3) is 0 Å². The highest BCUT2D eigenvalue weighted by Crippen LogP contribution is 2.41. The average Bonchev–Trinajstić information content (AvgIpc) is 2.08. The maximum Gasteiger partial charge on any atom is 0.172 e. The quantitative estimate of drug-likeness (QED) is 0.694. The van der Waals surface area contributed by atoms with Gasteiger partial charge in [-0.2, -0.15) is 0 Å². The summed E-state index contributed by atoms with van der Waals surface area (Å²) >= 11 is 1.92. The Morgan fingerprint density at radius 2 is 2.08 bits per heavy atom. The Bertz CT molecular complexity index is 138. The van der Waals surface area contributed by atoms with Gasteiger partial charge >= 0.3 is 0 Å². The molecule has 0 N–H and O–H groups in total. The van der Waals surface area contributed by atoms with Crippen molar-refractivity contribution >= 4 is 23.0 Å². The third-order valence-corrected chi connectivity index (χ3v) is 3.28. The molecule has 13 heavy (non-hydrogen) atoms. The highest BCUT2D eigenvalue weighted by atomic mass is 127. The molecule has 1 fully saturated rings.